The monoisotopic (exact) mass is 383 g/mol. The largest absolute Gasteiger partial charge is 0.493 e. The molecular formula is C20H21N3O5. The van der Waals surface area contributed by atoms with Crippen LogP contribution in [0.4, 0.5) is 17.1 Å². The summed E-state index contributed by atoms with van der Waals surface area (Å²) in [5.41, 5.74) is 1.76. The number of nitrogens with zero attached hydrogens (tertiary/aromatic N) is 1. The first-order valence-electron chi connectivity index (χ1n) is 8.66. The molecule has 8 nitrogen and oxygen atoms in total. The van der Waals surface area contributed by atoms with Crippen molar-refractivity contribution in [3.63, 3.8) is 0 Å². The molecule has 0 unspecified atom stereocenters. The number of amides is 3. The summed E-state index contributed by atoms with van der Waals surface area (Å²) in [6.45, 7) is 1.43. The van der Waals surface area contributed by atoms with E-state index in [2.05, 4.69) is 10.6 Å². The van der Waals surface area contributed by atoms with Gasteiger partial charge >= 0.3 is 0 Å². The van der Waals surface area contributed by atoms with E-state index in [9.17, 15) is 14.4 Å². The zero-order chi connectivity index (χ0) is 20.3. The third-order valence-electron chi connectivity index (χ3n) is 4.32. The molecule has 28 heavy (non-hydrogen) atoms. The Morgan fingerprint density at radius 1 is 1.00 bits per heavy atom. The molecular weight excluding hydrogens is 362 g/mol. The molecule has 0 saturated carbocycles. The van der Waals surface area contributed by atoms with Crippen molar-refractivity contribution < 1.29 is 23.9 Å². The summed E-state index contributed by atoms with van der Waals surface area (Å²) < 4.78 is 10.4. The molecule has 3 rings (SSSR count). The van der Waals surface area contributed by atoms with Crippen LogP contribution >= 0.6 is 0 Å². The number of benzene rings is 2. The average Bonchev–Trinajstić information content (AvgIpc) is 2.95. The van der Waals surface area contributed by atoms with Crippen molar-refractivity contribution in [1.82, 2.24) is 0 Å². The lowest BCUT2D eigenvalue weighted by atomic mass is 10.2. The van der Waals surface area contributed by atoms with Gasteiger partial charge in [0.1, 0.15) is 6.04 Å². The van der Waals surface area contributed by atoms with Gasteiger partial charge in [-0.25, -0.2) is 4.90 Å². The van der Waals surface area contributed by atoms with Gasteiger partial charge in [-0.1, -0.05) is 0 Å². The summed E-state index contributed by atoms with van der Waals surface area (Å²) in [6, 6.07) is 11.1. The van der Waals surface area contributed by atoms with E-state index in [1.54, 1.807) is 42.5 Å². The number of rotatable bonds is 6. The highest BCUT2D eigenvalue weighted by molar-refractivity contribution is 6.23. The average molecular weight is 383 g/mol. The summed E-state index contributed by atoms with van der Waals surface area (Å²) in [4.78, 5) is 37.5. The molecule has 0 radical (unpaired) electrons. The molecule has 1 fully saturated rings. The molecule has 0 bridgehead atoms. The fourth-order valence-corrected chi connectivity index (χ4v) is 3.03. The van der Waals surface area contributed by atoms with Gasteiger partial charge in [0.25, 0.3) is 5.91 Å². The topological polar surface area (TPSA) is 97.0 Å². The van der Waals surface area contributed by atoms with Crippen LogP contribution in [0, 0.1) is 0 Å². The van der Waals surface area contributed by atoms with Gasteiger partial charge in [-0.2, -0.15) is 0 Å². The van der Waals surface area contributed by atoms with Crippen LogP contribution in [-0.4, -0.2) is 38.0 Å². The second-order valence-electron chi connectivity index (χ2n) is 6.27. The van der Waals surface area contributed by atoms with Crippen molar-refractivity contribution in [3.05, 3.63) is 42.5 Å². The lowest BCUT2D eigenvalue weighted by molar-refractivity contribution is -0.121. The van der Waals surface area contributed by atoms with E-state index in [1.165, 1.54) is 21.1 Å². The molecule has 1 aliphatic rings. The maximum Gasteiger partial charge on any atom is 0.256 e. The van der Waals surface area contributed by atoms with Crippen LogP contribution in [0.15, 0.2) is 42.5 Å². The molecule has 0 spiro atoms. The lowest BCUT2D eigenvalue weighted by Crippen LogP contribution is -2.34. The molecule has 0 aliphatic carbocycles. The predicted octanol–water partition coefficient (Wildman–Crippen LogP) is 2.41. The number of anilines is 3. The highest BCUT2D eigenvalue weighted by Gasteiger charge is 2.39. The van der Waals surface area contributed by atoms with E-state index in [0.717, 1.165) is 4.90 Å². The molecule has 3 amide bonds. The van der Waals surface area contributed by atoms with Crippen molar-refractivity contribution in [2.45, 2.75) is 19.4 Å². The van der Waals surface area contributed by atoms with Gasteiger partial charge in [0.15, 0.2) is 11.5 Å². The predicted molar refractivity (Wildman–Crippen MR) is 105 cm³/mol. The minimum absolute atomic E-state index is 0.0423. The van der Waals surface area contributed by atoms with Gasteiger partial charge < -0.3 is 20.1 Å². The van der Waals surface area contributed by atoms with Crippen LogP contribution < -0.4 is 25.0 Å². The van der Waals surface area contributed by atoms with Crippen LogP contribution in [0.25, 0.3) is 0 Å². The van der Waals surface area contributed by atoms with Crippen LogP contribution in [0.3, 0.4) is 0 Å². The summed E-state index contributed by atoms with van der Waals surface area (Å²) in [5.74, 6) is 0.139. The molecule has 146 valence electrons. The van der Waals surface area contributed by atoms with Crippen molar-refractivity contribution in [2.75, 3.05) is 29.8 Å². The Hall–Kier alpha value is -3.55. The fraction of sp³-hybridized carbons (Fsp3) is 0.250. The minimum atomic E-state index is -0.674. The zero-order valence-electron chi connectivity index (χ0n) is 15.8. The molecule has 2 N–H and O–H groups in total. The molecule has 1 atom stereocenters. The van der Waals surface area contributed by atoms with Crippen molar-refractivity contribution in [3.8, 4) is 11.5 Å². The van der Waals surface area contributed by atoms with E-state index < -0.39 is 6.04 Å². The minimum Gasteiger partial charge on any atom is -0.493 e. The van der Waals surface area contributed by atoms with Crippen molar-refractivity contribution in [1.29, 1.82) is 0 Å². The van der Waals surface area contributed by atoms with Crippen LogP contribution in [0.1, 0.15) is 13.3 Å². The first kappa shape index (κ1) is 19.2. The fourth-order valence-electron chi connectivity index (χ4n) is 3.03. The van der Waals surface area contributed by atoms with E-state index in [4.69, 9.17) is 9.47 Å². The highest BCUT2D eigenvalue weighted by Crippen LogP contribution is 2.34. The van der Waals surface area contributed by atoms with E-state index in [1.807, 2.05) is 0 Å². The normalized spacial score (nSPS) is 16.1. The number of methoxy groups -OCH3 is 2. The lowest BCUT2D eigenvalue weighted by Gasteiger charge is -2.18. The Morgan fingerprint density at radius 3 is 2.25 bits per heavy atom. The summed E-state index contributed by atoms with van der Waals surface area (Å²) in [6.07, 6.45) is 0.0423. The van der Waals surface area contributed by atoms with Gasteiger partial charge in [-0.3, -0.25) is 14.4 Å². The molecule has 8 heteroatoms. The third-order valence-corrected chi connectivity index (χ3v) is 4.32. The van der Waals surface area contributed by atoms with Gasteiger partial charge in [0.2, 0.25) is 11.8 Å². The highest BCUT2D eigenvalue weighted by atomic mass is 16.5. The number of hydrogen-bond donors (Lipinski definition) is 2. The number of hydrogen-bond acceptors (Lipinski definition) is 6. The first-order valence-corrected chi connectivity index (χ1v) is 8.66. The smallest absolute Gasteiger partial charge is 0.256 e. The van der Waals surface area contributed by atoms with E-state index in [-0.39, 0.29) is 24.1 Å². The van der Waals surface area contributed by atoms with Crippen molar-refractivity contribution in [2.24, 2.45) is 0 Å². The zero-order valence-corrected chi connectivity index (χ0v) is 15.8. The third kappa shape index (κ3) is 3.90. The maximum absolute atomic E-state index is 12.8. The second kappa shape index (κ2) is 7.99. The van der Waals surface area contributed by atoms with E-state index >= 15 is 0 Å². The standard InChI is InChI=1S/C20H21N3O5/c1-12(24)21-13-4-6-14(7-5-13)22-16-11-19(25)23(20(16)26)15-8-9-17(27-2)18(10-15)28-3/h4-10,16,22H,11H2,1-3H3,(H,21,24)/t16-/m0/s1. The maximum atomic E-state index is 12.8. The Morgan fingerprint density at radius 2 is 1.64 bits per heavy atom. The van der Waals surface area contributed by atoms with E-state index in [0.29, 0.717) is 28.6 Å². The van der Waals surface area contributed by atoms with Crippen LogP contribution in [0.5, 0.6) is 11.5 Å². The van der Waals surface area contributed by atoms with Gasteiger partial charge in [0, 0.05) is 24.4 Å². The number of imide groups is 1. The Labute approximate surface area is 162 Å². The number of carbonyl (C=O) groups is 3. The van der Waals surface area contributed by atoms with Crippen molar-refractivity contribution >= 4 is 34.8 Å². The number of ether oxygens (including phenoxy) is 2. The second-order valence-corrected chi connectivity index (χ2v) is 6.27. The van der Waals surface area contributed by atoms with Gasteiger partial charge in [0.05, 0.1) is 26.3 Å². The molecule has 2 aromatic rings. The summed E-state index contributed by atoms with van der Waals surface area (Å²) >= 11 is 0. The Bertz CT molecular complexity index is 911. The molecule has 2 aromatic carbocycles. The summed E-state index contributed by atoms with van der Waals surface area (Å²) in [7, 11) is 3.01. The first-order chi connectivity index (χ1) is 13.4. The van der Waals surface area contributed by atoms with Gasteiger partial charge in [-0.15, -0.1) is 0 Å². The molecule has 1 aliphatic heterocycles. The Balaban J connectivity index is 1.75. The SMILES string of the molecule is COc1ccc(N2C(=O)C[C@H](Nc3ccc(NC(C)=O)cc3)C2=O)cc1OC. The van der Waals surface area contributed by atoms with Crippen LogP contribution in [-0.2, 0) is 14.4 Å². The summed E-state index contributed by atoms with van der Waals surface area (Å²) in [5, 5.41) is 5.74. The quantitative estimate of drug-likeness (QED) is 0.744. The molecule has 1 saturated heterocycles. The molecule has 1 heterocycles. The Kier molecular flexibility index (Phi) is 5.49. The number of nitrogens with one attached hydrogen (secondary N) is 2. The molecule has 0 aromatic heterocycles. The van der Waals surface area contributed by atoms with Crippen LogP contribution in [0.2, 0.25) is 0 Å². The van der Waals surface area contributed by atoms with Gasteiger partial charge in [-0.05, 0) is 36.4 Å². The number of carbonyl (C=O) groups excluding carboxylic acids is 3.